The molecular formula is C25H23FN6O2. The summed E-state index contributed by atoms with van der Waals surface area (Å²) in [6, 6.07) is 8.76. The van der Waals surface area contributed by atoms with Crippen molar-refractivity contribution in [3.05, 3.63) is 69.9 Å². The predicted octanol–water partition coefficient (Wildman–Crippen LogP) is 3.28. The predicted molar refractivity (Wildman–Crippen MR) is 129 cm³/mol. The average molecular weight is 458 g/mol. The Balaban J connectivity index is 1.43. The molecule has 6 rings (SSSR count). The van der Waals surface area contributed by atoms with Gasteiger partial charge in [-0.2, -0.15) is 4.98 Å². The van der Waals surface area contributed by atoms with Crippen LogP contribution >= 0.6 is 0 Å². The van der Waals surface area contributed by atoms with Gasteiger partial charge in [-0.25, -0.2) is 9.37 Å². The lowest BCUT2D eigenvalue weighted by molar-refractivity contribution is 0.247. The Morgan fingerprint density at radius 3 is 2.91 bits per heavy atom. The molecule has 1 atom stereocenters. The van der Waals surface area contributed by atoms with Crippen LogP contribution < -0.4 is 26.5 Å². The van der Waals surface area contributed by atoms with Crippen molar-refractivity contribution < 1.29 is 9.13 Å². The van der Waals surface area contributed by atoms with Crippen molar-refractivity contribution in [2.24, 2.45) is 0 Å². The number of nitrogens with zero attached hydrogens (tertiary/aromatic N) is 4. The lowest BCUT2D eigenvalue weighted by Gasteiger charge is -2.28. The van der Waals surface area contributed by atoms with Gasteiger partial charge in [0, 0.05) is 42.8 Å². The fourth-order valence-corrected chi connectivity index (χ4v) is 4.99. The molecule has 0 fully saturated rings. The lowest BCUT2D eigenvalue weighted by atomic mass is 9.97. The van der Waals surface area contributed by atoms with Crippen LogP contribution in [0.5, 0.6) is 5.75 Å². The number of anilines is 3. The van der Waals surface area contributed by atoms with E-state index in [9.17, 15) is 4.79 Å². The summed E-state index contributed by atoms with van der Waals surface area (Å²) >= 11 is 0. The average Bonchev–Trinajstić information content (AvgIpc) is 3.21. The minimum absolute atomic E-state index is 0.0484. The van der Waals surface area contributed by atoms with E-state index in [2.05, 4.69) is 14.9 Å². The van der Waals surface area contributed by atoms with Crippen LogP contribution in [-0.4, -0.2) is 27.7 Å². The molecule has 4 heterocycles. The van der Waals surface area contributed by atoms with Crippen molar-refractivity contribution in [3.63, 3.8) is 0 Å². The summed E-state index contributed by atoms with van der Waals surface area (Å²) in [5.74, 6) is 0.476. The van der Waals surface area contributed by atoms with Gasteiger partial charge in [0.05, 0.1) is 22.5 Å². The first-order valence-corrected chi connectivity index (χ1v) is 11.2. The highest BCUT2D eigenvalue weighted by Gasteiger charge is 2.27. The second-order valence-corrected chi connectivity index (χ2v) is 8.86. The first kappa shape index (κ1) is 20.5. The van der Waals surface area contributed by atoms with Crippen molar-refractivity contribution in [1.29, 1.82) is 0 Å². The molecule has 0 aliphatic carbocycles. The number of pyridine rings is 1. The Labute approximate surface area is 194 Å². The van der Waals surface area contributed by atoms with E-state index >= 15 is 4.39 Å². The molecule has 0 amide bonds. The zero-order valence-electron chi connectivity index (χ0n) is 18.6. The molecule has 2 aliphatic rings. The summed E-state index contributed by atoms with van der Waals surface area (Å²) in [6.07, 6.45) is 4.22. The minimum atomic E-state index is -0.464. The van der Waals surface area contributed by atoms with Gasteiger partial charge in [-0.1, -0.05) is 6.07 Å². The number of ether oxygens (including phenoxy) is 1. The molecule has 0 radical (unpaired) electrons. The number of hydrogen-bond acceptors (Lipinski definition) is 7. The monoisotopic (exact) mass is 458 g/mol. The van der Waals surface area contributed by atoms with E-state index < -0.39 is 5.82 Å². The lowest BCUT2D eigenvalue weighted by Crippen LogP contribution is -2.23. The fraction of sp³-hybridized carbons (Fsp3) is 0.240. The van der Waals surface area contributed by atoms with Gasteiger partial charge in [0.1, 0.15) is 18.2 Å². The molecule has 0 saturated heterocycles. The maximum Gasteiger partial charge on any atom is 0.221 e. The van der Waals surface area contributed by atoms with Crippen molar-refractivity contribution in [3.8, 4) is 16.9 Å². The van der Waals surface area contributed by atoms with Gasteiger partial charge in [-0.05, 0) is 42.7 Å². The molecule has 9 heteroatoms. The third-order valence-corrected chi connectivity index (χ3v) is 6.70. The highest BCUT2D eigenvalue weighted by molar-refractivity contribution is 5.94. The standard InChI is InChI=1S/C25H23FN6O2/c1-13-12-34-23-21(18(26)9-17-20(33)5-7-32(13)22(17)23)15-2-3-19-14(8-15)4-6-31(19)11-16-10-29-25(28)30-24(16)27/h2-3,5,7-10,13H,4,6,11-12H2,1H3,(H4,27,28,29,30)/t13-/m0/s1. The van der Waals surface area contributed by atoms with Crippen LogP contribution in [0.4, 0.5) is 21.8 Å². The van der Waals surface area contributed by atoms with E-state index in [1.165, 1.54) is 12.1 Å². The van der Waals surface area contributed by atoms with Crippen LogP contribution in [0.1, 0.15) is 24.1 Å². The van der Waals surface area contributed by atoms with Gasteiger partial charge in [0.25, 0.3) is 0 Å². The van der Waals surface area contributed by atoms with Crippen molar-refractivity contribution >= 4 is 28.4 Å². The van der Waals surface area contributed by atoms with Gasteiger partial charge in [-0.3, -0.25) is 4.79 Å². The van der Waals surface area contributed by atoms with Crippen LogP contribution in [0.25, 0.3) is 22.0 Å². The summed E-state index contributed by atoms with van der Waals surface area (Å²) in [5.41, 5.74) is 16.1. The topological polar surface area (TPSA) is 112 Å². The second-order valence-electron chi connectivity index (χ2n) is 8.86. The number of aromatic nitrogens is 3. The largest absolute Gasteiger partial charge is 0.488 e. The van der Waals surface area contributed by atoms with Gasteiger partial charge in [0.15, 0.2) is 11.2 Å². The summed E-state index contributed by atoms with van der Waals surface area (Å²) in [4.78, 5) is 22.7. The fourth-order valence-electron chi connectivity index (χ4n) is 4.99. The molecule has 2 aliphatic heterocycles. The molecule has 4 aromatic rings. The van der Waals surface area contributed by atoms with E-state index in [0.29, 0.717) is 41.2 Å². The molecule has 2 aromatic carbocycles. The van der Waals surface area contributed by atoms with E-state index in [0.717, 1.165) is 35.3 Å². The molecule has 4 N–H and O–H groups in total. The minimum Gasteiger partial charge on any atom is -0.488 e. The van der Waals surface area contributed by atoms with Gasteiger partial charge < -0.3 is 25.7 Å². The number of nitrogen functional groups attached to an aromatic ring is 2. The molecule has 0 spiro atoms. The van der Waals surface area contributed by atoms with E-state index in [1.54, 1.807) is 12.4 Å². The van der Waals surface area contributed by atoms with Crippen molar-refractivity contribution in [1.82, 2.24) is 14.5 Å². The smallest absolute Gasteiger partial charge is 0.221 e. The Kier molecular flexibility index (Phi) is 4.48. The first-order valence-electron chi connectivity index (χ1n) is 11.2. The number of hydrogen-bond donors (Lipinski definition) is 2. The Morgan fingerprint density at radius 2 is 2.09 bits per heavy atom. The quantitative estimate of drug-likeness (QED) is 0.484. The number of halogens is 1. The molecule has 34 heavy (non-hydrogen) atoms. The van der Waals surface area contributed by atoms with Crippen molar-refractivity contribution in [2.75, 3.05) is 29.5 Å². The molecule has 2 aromatic heterocycles. The first-order chi connectivity index (χ1) is 16.4. The Hall–Kier alpha value is -4.14. The summed E-state index contributed by atoms with van der Waals surface area (Å²) in [7, 11) is 0. The molecule has 0 bridgehead atoms. The highest BCUT2D eigenvalue weighted by Crippen LogP contribution is 2.43. The van der Waals surface area contributed by atoms with Gasteiger partial charge in [0.2, 0.25) is 5.95 Å². The number of rotatable bonds is 3. The van der Waals surface area contributed by atoms with E-state index in [1.807, 2.05) is 29.7 Å². The zero-order valence-corrected chi connectivity index (χ0v) is 18.6. The zero-order chi connectivity index (χ0) is 23.6. The Bertz CT molecular complexity index is 1530. The molecule has 0 unspecified atom stereocenters. The highest BCUT2D eigenvalue weighted by atomic mass is 19.1. The van der Waals surface area contributed by atoms with Crippen LogP contribution in [0.15, 0.2) is 47.5 Å². The van der Waals surface area contributed by atoms with Gasteiger partial charge >= 0.3 is 0 Å². The number of nitrogens with two attached hydrogens (primary N) is 2. The third kappa shape index (κ3) is 3.07. The number of fused-ring (bicyclic) bond motifs is 1. The van der Waals surface area contributed by atoms with Gasteiger partial charge in [-0.15, -0.1) is 0 Å². The number of benzene rings is 2. The molecule has 172 valence electrons. The second kappa shape index (κ2) is 7.44. The molecular weight excluding hydrogens is 435 g/mol. The maximum atomic E-state index is 15.4. The van der Waals surface area contributed by atoms with Crippen LogP contribution in [-0.2, 0) is 13.0 Å². The van der Waals surface area contributed by atoms with Crippen LogP contribution in [0.2, 0.25) is 0 Å². The molecule has 8 nitrogen and oxygen atoms in total. The van der Waals surface area contributed by atoms with E-state index in [4.69, 9.17) is 16.2 Å². The maximum absolute atomic E-state index is 15.4. The Morgan fingerprint density at radius 1 is 1.24 bits per heavy atom. The summed E-state index contributed by atoms with van der Waals surface area (Å²) < 4.78 is 23.4. The third-order valence-electron chi connectivity index (χ3n) is 6.70. The normalized spacial score (nSPS) is 16.5. The summed E-state index contributed by atoms with van der Waals surface area (Å²) in [5, 5.41) is 0.334. The van der Waals surface area contributed by atoms with Crippen molar-refractivity contribution in [2.45, 2.75) is 25.9 Å². The van der Waals surface area contributed by atoms with Crippen LogP contribution in [0, 0.1) is 5.82 Å². The SMILES string of the molecule is C[C@H]1COc2c(-c3ccc4c(c3)CCN4Cc3cnc(N)nc3N)c(F)cc3c(=O)ccn1c23. The molecule has 0 saturated carbocycles. The van der Waals surface area contributed by atoms with E-state index in [-0.39, 0.29) is 17.4 Å². The summed E-state index contributed by atoms with van der Waals surface area (Å²) in [6.45, 7) is 3.77. The van der Waals surface area contributed by atoms with Crippen LogP contribution in [0.3, 0.4) is 0 Å².